The minimum absolute atomic E-state index is 0.0391. The summed E-state index contributed by atoms with van der Waals surface area (Å²) in [5.41, 5.74) is 0.622. The average molecular weight is 277 g/mol. The highest BCUT2D eigenvalue weighted by Gasteiger charge is 2.32. The van der Waals surface area contributed by atoms with Crippen molar-refractivity contribution in [3.63, 3.8) is 0 Å². The van der Waals surface area contributed by atoms with E-state index in [0.717, 1.165) is 6.54 Å². The maximum atomic E-state index is 12.4. The fourth-order valence-electron chi connectivity index (χ4n) is 2.58. The van der Waals surface area contributed by atoms with E-state index in [-0.39, 0.29) is 24.1 Å². The van der Waals surface area contributed by atoms with Crippen LogP contribution in [0.5, 0.6) is 0 Å². The number of nitrogens with one attached hydrogen (secondary N) is 1. The fourth-order valence-corrected chi connectivity index (χ4v) is 2.58. The molecule has 1 N–H and O–H groups in total. The van der Waals surface area contributed by atoms with Crippen LogP contribution in [-0.2, 0) is 11.3 Å². The van der Waals surface area contributed by atoms with Gasteiger partial charge in [0.25, 0.3) is 5.69 Å². The molecule has 1 heterocycles. The molecule has 1 amide bonds. The van der Waals surface area contributed by atoms with Crippen molar-refractivity contribution in [2.45, 2.75) is 13.5 Å². The van der Waals surface area contributed by atoms with E-state index >= 15 is 0 Å². The minimum Gasteiger partial charge on any atom is -0.341 e. The Kier molecular flexibility index (Phi) is 4.34. The number of hydrogen-bond acceptors (Lipinski definition) is 4. The minimum atomic E-state index is -0.409. The molecular weight excluding hydrogens is 258 g/mol. The van der Waals surface area contributed by atoms with Crippen LogP contribution in [0, 0.1) is 22.0 Å². The molecule has 6 heteroatoms. The summed E-state index contributed by atoms with van der Waals surface area (Å²) in [7, 11) is 1.70. The van der Waals surface area contributed by atoms with Gasteiger partial charge in [-0.05, 0) is 12.5 Å². The number of carbonyl (C=O) groups excluding carboxylic acids is 1. The van der Waals surface area contributed by atoms with Crippen molar-refractivity contribution in [2.24, 2.45) is 11.8 Å². The summed E-state index contributed by atoms with van der Waals surface area (Å²) in [6.45, 7) is 3.83. The normalized spacial score (nSPS) is 21.7. The van der Waals surface area contributed by atoms with Gasteiger partial charge >= 0.3 is 0 Å². The van der Waals surface area contributed by atoms with Gasteiger partial charge in [-0.2, -0.15) is 0 Å². The third-order valence-electron chi connectivity index (χ3n) is 3.81. The lowest BCUT2D eigenvalue weighted by Gasteiger charge is -2.22. The molecule has 0 bridgehead atoms. The lowest BCUT2D eigenvalue weighted by atomic mass is 9.96. The molecule has 1 saturated heterocycles. The monoisotopic (exact) mass is 277 g/mol. The number of amides is 1. The predicted octanol–water partition coefficient (Wildman–Crippen LogP) is 1.41. The van der Waals surface area contributed by atoms with E-state index in [1.807, 2.05) is 6.92 Å². The Morgan fingerprint density at radius 1 is 1.45 bits per heavy atom. The summed E-state index contributed by atoms with van der Waals surface area (Å²) in [5, 5.41) is 14.2. The van der Waals surface area contributed by atoms with Gasteiger partial charge in [-0.25, -0.2) is 0 Å². The molecule has 1 aromatic rings. The van der Waals surface area contributed by atoms with Gasteiger partial charge in [0.05, 0.1) is 17.4 Å². The number of rotatable bonds is 4. The van der Waals surface area contributed by atoms with Gasteiger partial charge in [-0.15, -0.1) is 0 Å². The summed E-state index contributed by atoms with van der Waals surface area (Å²) in [6, 6.07) is 6.54. The predicted molar refractivity (Wildman–Crippen MR) is 75.1 cm³/mol. The molecule has 0 radical (unpaired) electrons. The van der Waals surface area contributed by atoms with Crippen LogP contribution >= 0.6 is 0 Å². The first-order valence-electron chi connectivity index (χ1n) is 6.68. The SMILES string of the molecule is CC1CNCC1C(=O)N(C)Cc1ccccc1[N+](=O)[O-]. The Morgan fingerprint density at radius 3 is 2.75 bits per heavy atom. The van der Waals surface area contributed by atoms with Gasteiger partial charge in [-0.1, -0.05) is 25.1 Å². The summed E-state index contributed by atoms with van der Waals surface area (Å²) in [5.74, 6) is 0.305. The van der Waals surface area contributed by atoms with Crippen molar-refractivity contribution in [1.29, 1.82) is 0 Å². The number of benzene rings is 1. The van der Waals surface area contributed by atoms with Crippen molar-refractivity contribution >= 4 is 11.6 Å². The van der Waals surface area contributed by atoms with Crippen LogP contribution in [0.3, 0.4) is 0 Å². The third kappa shape index (κ3) is 2.96. The molecule has 1 fully saturated rings. The molecule has 1 aromatic carbocycles. The molecule has 1 aliphatic heterocycles. The topological polar surface area (TPSA) is 75.5 Å². The van der Waals surface area contributed by atoms with Crippen LogP contribution in [0.15, 0.2) is 24.3 Å². The van der Waals surface area contributed by atoms with E-state index in [4.69, 9.17) is 0 Å². The second-order valence-corrected chi connectivity index (χ2v) is 5.32. The zero-order valence-corrected chi connectivity index (χ0v) is 11.7. The van der Waals surface area contributed by atoms with Crippen LogP contribution in [-0.4, -0.2) is 35.9 Å². The van der Waals surface area contributed by atoms with Crippen LogP contribution < -0.4 is 5.32 Å². The molecule has 108 valence electrons. The molecular formula is C14H19N3O3. The van der Waals surface area contributed by atoms with Gasteiger partial charge in [-0.3, -0.25) is 14.9 Å². The number of nitro benzene ring substituents is 1. The molecule has 2 unspecified atom stereocenters. The molecule has 0 saturated carbocycles. The second-order valence-electron chi connectivity index (χ2n) is 5.32. The molecule has 0 aromatic heterocycles. The van der Waals surface area contributed by atoms with E-state index < -0.39 is 4.92 Å². The van der Waals surface area contributed by atoms with E-state index in [0.29, 0.717) is 18.0 Å². The van der Waals surface area contributed by atoms with Crippen LogP contribution in [0.25, 0.3) is 0 Å². The van der Waals surface area contributed by atoms with Gasteiger partial charge < -0.3 is 10.2 Å². The zero-order chi connectivity index (χ0) is 14.7. The van der Waals surface area contributed by atoms with Crippen molar-refractivity contribution in [1.82, 2.24) is 10.2 Å². The maximum absolute atomic E-state index is 12.4. The Bertz CT molecular complexity index is 518. The van der Waals surface area contributed by atoms with Gasteiger partial charge in [0.15, 0.2) is 0 Å². The summed E-state index contributed by atoms with van der Waals surface area (Å²) in [6.07, 6.45) is 0. The first-order chi connectivity index (χ1) is 9.50. The first kappa shape index (κ1) is 14.5. The lowest BCUT2D eigenvalue weighted by molar-refractivity contribution is -0.385. The number of para-hydroxylation sites is 1. The van der Waals surface area contributed by atoms with Gasteiger partial charge in [0.1, 0.15) is 0 Å². The maximum Gasteiger partial charge on any atom is 0.274 e. The van der Waals surface area contributed by atoms with Crippen LogP contribution in [0.4, 0.5) is 5.69 Å². The molecule has 2 atom stereocenters. The quantitative estimate of drug-likeness (QED) is 0.667. The number of hydrogen-bond donors (Lipinski definition) is 1. The summed E-state index contributed by atoms with van der Waals surface area (Å²) in [4.78, 5) is 24.5. The molecule has 6 nitrogen and oxygen atoms in total. The highest BCUT2D eigenvalue weighted by molar-refractivity contribution is 5.79. The van der Waals surface area contributed by atoms with E-state index in [9.17, 15) is 14.9 Å². The van der Waals surface area contributed by atoms with Crippen LogP contribution in [0.1, 0.15) is 12.5 Å². The van der Waals surface area contributed by atoms with Gasteiger partial charge in [0, 0.05) is 25.2 Å². The zero-order valence-electron chi connectivity index (χ0n) is 11.7. The molecule has 0 spiro atoms. The molecule has 2 rings (SSSR count). The van der Waals surface area contributed by atoms with E-state index in [2.05, 4.69) is 5.32 Å². The van der Waals surface area contributed by atoms with Gasteiger partial charge in [0.2, 0.25) is 5.91 Å². The van der Waals surface area contributed by atoms with E-state index in [1.165, 1.54) is 6.07 Å². The Morgan fingerprint density at radius 2 is 2.15 bits per heavy atom. The highest BCUT2D eigenvalue weighted by Crippen LogP contribution is 2.22. The second kappa shape index (κ2) is 6.00. The standard InChI is InChI=1S/C14H19N3O3/c1-10-7-15-8-12(10)14(18)16(2)9-11-5-3-4-6-13(11)17(19)20/h3-6,10,12,15H,7-9H2,1-2H3. The highest BCUT2D eigenvalue weighted by atomic mass is 16.6. The lowest BCUT2D eigenvalue weighted by Crippen LogP contribution is -2.35. The molecule has 1 aliphatic rings. The van der Waals surface area contributed by atoms with Crippen molar-refractivity contribution < 1.29 is 9.72 Å². The third-order valence-corrected chi connectivity index (χ3v) is 3.81. The molecule has 0 aliphatic carbocycles. The van der Waals surface area contributed by atoms with Crippen molar-refractivity contribution in [3.8, 4) is 0 Å². The average Bonchev–Trinajstić information content (AvgIpc) is 2.84. The first-order valence-corrected chi connectivity index (χ1v) is 6.68. The van der Waals surface area contributed by atoms with Crippen molar-refractivity contribution in [2.75, 3.05) is 20.1 Å². The summed E-state index contributed by atoms with van der Waals surface area (Å²) < 4.78 is 0. The Labute approximate surface area is 117 Å². The fraction of sp³-hybridized carbons (Fsp3) is 0.500. The molecule has 20 heavy (non-hydrogen) atoms. The number of nitro groups is 1. The number of carbonyl (C=O) groups is 1. The Hall–Kier alpha value is -1.95. The largest absolute Gasteiger partial charge is 0.341 e. The van der Waals surface area contributed by atoms with Crippen LogP contribution in [0.2, 0.25) is 0 Å². The smallest absolute Gasteiger partial charge is 0.274 e. The Balaban J connectivity index is 2.10. The van der Waals surface area contributed by atoms with Crippen molar-refractivity contribution in [3.05, 3.63) is 39.9 Å². The number of nitrogens with zero attached hydrogens (tertiary/aromatic N) is 2. The summed E-state index contributed by atoms with van der Waals surface area (Å²) >= 11 is 0. The van der Waals surface area contributed by atoms with E-state index in [1.54, 1.807) is 30.1 Å².